The third-order valence-corrected chi connectivity index (χ3v) is 6.06. The number of rotatable bonds is 7. The number of aromatic nitrogens is 6. The maximum Gasteiger partial charge on any atom is 0.229 e. The van der Waals surface area contributed by atoms with Crippen molar-refractivity contribution in [1.82, 2.24) is 29.3 Å². The number of nitrogens with one attached hydrogen (secondary N) is 1. The van der Waals surface area contributed by atoms with E-state index in [0.29, 0.717) is 19.0 Å². The molecule has 5 rings (SSSR count). The van der Waals surface area contributed by atoms with E-state index in [1.165, 1.54) is 0 Å². The van der Waals surface area contributed by atoms with Crippen molar-refractivity contribution in [2.24, 2.45) is 11.7 Å². The summed E-state index contributed by atoms with van der Waals surface area (Å²) in [6, 6.07) is 10.4. The van der Waals surface area contributed by atoms with Gasteiger partial charge in [-0.3, -0.25) is 0 Å². The highest BCUT2D eigenvalue weighted by atomic mass is 15.3. The van der Waals surface area contributed by atoms with Crippen molar-refractivity contribution in [2.75, 3.05) is 29.9 Å². The number of nitrogens with two attached hydrogens (primary N) is 1. The van der Waals surface area contributed by atoms with E-state index in [0.717, 1.165) is 53.7 Å². The van der Waals surface area contributed by atoms with E-state index < -0.39 is 0 Å². The number of nitrogens with zero attached hydrogens (tertiary/aromatic N) is 7. The highest BCUT2D eigenvalue weighted by Gasteiger charge is 2.25. The minimum Gasteiger partial charge on any atom is -0.364 e. The molecule has 1 aromatic carbocycles. The van der Waals surface area contributed by atoms with Crippen LogP contribution in [-0.2, 0) is 6.54 Å². The van der Waals surface area contributed by atoms with Crippen LogP contribution in [0, 0.1) is 5.92 Å². The number of hydrogen-bond acceptors (Lipinski definition) is 7. The smallest absolute Gasteiger partial charge is 0.229 e. The molecule has 0 saturated carbocycles. The van der Waals surface area contributed by atoms with Crippen molar-refractivity contribution in [3.8, 4) is 5.69 Å². The van der Waals surface area contributed by atoms with Crippen LogP contribution in [0.4, 0.5) is 11.8 Å². The molecule has 1 aliphatic heterocycles. The monoisotopic (exact) mass is 431 g/mol. The van der Waals surface area contributed by atoms with E-state index in [2.05, 4.69) is 50.8 Å². The van der Waals surface area contributed by atoms with Crippen molar-refractivity contribution in [3.63, 3.8) is 0 Å². The average Bonchev–Trinajstić information content (AvgIpc) is 3.57. The zero-order chi connectivity index (χ0) is 22.1. The molecule has 0 spiro atoms. The summed E-state index contributed by atoms with van der Waals surface area (Å²) >= 11 is 0. The van der Waals surface area contributed by atoms with Gasteiger partial charge < -0.3 is 20.5 Å². The zero-order valence-corrected chi connectivity index (χ0v) is 18.5. The number of benzene rings is 1. The van der Waals surface area contributed by atoms with Crippen molar-refractivity contribution in [1.29, 1.82) is 0 Å². The van der Waals surface area contributed by atoms with Gasteiger partial charge in [0.1, 0.15) is 0 Å². The van der Waals surface area contributed by atoms with Crippen LogP contribution in [0.1, 0.15) is 31.9 Å². The lowest BCUT2D eigenvalue weighted by Crippen LogP contribution is -2.25. The Bertz CT molecular complexity index is 1200. The quantitative estimate of drug-likeness (QED) is 0.464. The van der Waals surface area contributed by atoms with E-state index >= 15 is 0 Å². The summed E-state index contributed by atoms with van der Waals surface area (Å²) in [5, 5.41) is 7.92. The van der Waals surface area contributed by atoms with Crippen LogP contribution in [0.3, 0.4) is 0 Å². The second-order valence-corrected chi connectivity index (χ2v) is 8.56. The second-order valence-electron chi connectivity index (χ2n) is 8.56. The number of fused-ring (bicyclic) bond motifs is 1. The summed E-state index contributed by atoms with van der Waals surface area (Å²) in [4.78, 5) is 16.7. The van der Waals surface area contributed by atoms with E-state index in [1.807, 2.05) is 35.4 Å². The van der Waals surface area contributed by atoms with Gasteiger partial charge in [-0.2, -0.15) is 15.1 Å². The molecule has 1 saturated heterocycles. The number of anilines is 2. The second kappa shape index (κ2) is 8.58. The number of para-hydroxylation sites is 1. The van der Waals surface area contributed by atoms with Gasteiger partial charge in [-0.15, -0.1) is 0 Å². The van der Waals surface area contributed by atoms with Gasteiger partial charge in [-0.05, 0) is 50.4 Å². The Hall–Kier alpha value is -3.46. The molecule has 4 aromatic rings. The van der Waals surface area contributed by atoms with E-state index in [9.17, 15) is 0 Å². The van der Waals surface area contributed by atoms with Gasteiger partial charge in [0.25, 0.3) is 0 Å². The maximum absolute atomic E-state index is 5.91. The Morgan fingerprint density at radius 3 is 2.81 bits per heavy atom. The minimum atomic E-state index is 0.256. The van der Waals surface area contributed by atoms with Crippen LogP contribution in [0.5, 0.6) is 0 Å². The van der Waals surface area contributed by atoms with Crippen LogP contribution >= 0.6 is 0 Å². The molecular formula is C23H29N9. The fourth-order valence-electron chi connectivity index (χ4n) is 4.23. The lowest BCUT2D eigenvalue weighted by molar-refractivity contribution is 0.601. The Kier molecular flexibility index (Phi) is 5.48. The molecule has 0 radical (unpaired) electrons. The Labute approximate surface area is 187 Å². The van der Waals surface area contributed by atoms with Gasteiger partial charge in [0.05, 0.1) is 12.0 Å². The van der Waals surface area contributed by atoms with Gasteiger partial charge in [-0.1, -0.05) is 18.2 Å². The molecule has 0 bridgehead atoms. The van der Waals surface area contributed by atoms with Crippen LogP contribution in [0.25, 0.3) is 16.9 Å². The molecule has 1 aliphatic rings. The fourth-order valence-corrected chi connectivity index (χ4v) is 4.23. The Morgan fingerprint density at radius 2 is 2.06 bits per heavy atom. The van der Waals surface area contributed by atoms with Crippen LogP contribution in [0.2, 0.25) is 0 Å². The predicted molar refractivity (Wildman–Crippen MR) is 126 cm³/mol. The molecule has 4 heterocycles. The molecule has 1 unspecified atom stereocenters. The van der Waals surface area contributed by atoms with Crippen LogP contribution < -0.4 is 16.0 Å². The molecule has 9 heteroatoms. The largest absolute Gasteiger partial charge is 0.364 e. The molecule has 166 valence electrons. The summed E-state index contributed by atoms with van der Waals surface area (Å²) in [6.07, 6.45) is 6.66. The third-order valence-electron chi connectivity index (χ3n) is 6.06. The van der Waals surface area contributed by atoms with E-state index in [4.69, 9.17) is 15.7 Å². The van der Waals surface area contributed by atoms with Gasteiger partial charge >= 0.3 is 0 Å². The molecule has 3 N–H and O–H groups in total. The van der Waals surface area contributed by atoms with Gasteiger partial charge in [0.15, 0.2) is 17.0 Å². The third kappa shape index (κ3) is 3.80. The van der Waals surface area contributed by atoms with Crippen LogP contribution in [0.15, 0.2) is 49.1 Å². The van der Waals surface area contributed by atoms with Crippen LogP contribution in [-0.4, -0.2) is 48.9 Å². The summed E-state index contributed by atoms with van der Waals surface area (Å²) in [5.41, 5.74) is 9.70. The molecule has 32 heavy (non-hydrogen) atoms. The number of hydrogen-bond donors (Lipinski definition) is 2. The molecule has 3 aromatic heterocycles. The van der Waals surface area contributed by atoms with Crippen molar-refractivity contribution in [3.05, 3.63) is 54.6 Å². The minimum absolute atomic E-state index is 0.256. The lowest BCUT2D eigenvalue weighted by atomic mass is 10.1. The zero-order valence-electron chi connectivity index (χ0n) is 18.5. The van der Waals surface area contributed by atoms with E-state index in [-0.39, 0.29) is 6.04 Å². The molecule has 0 amide bonds. The molecule has 0 aliphatic carbocycles. The first-order chi connectivity index (χ1) is 15.6. The average molecular weight is 432 g/mol. The normalized spacial score (nSPS) is 16.4. The summed E-state index contributed by atoms with van der Waals surface area (Å²) in [5.74, 6) is 1.97. The highest BCUT2D eigenvalue weighted by molar-refractivity contribution is 5.84. The van der Waals surface area contributed by atoms with E-state index in [1.54, 1.807) is 6.20 Å². The van der Waals surface area contributed by atoms with Gasteiger partial charge in [0, 0.05) is 38.1 Å². The molecule has 1 atom stereocenters. The standard InChI is InChI=1S/C23H29N9/c1-16(2)31-15-26-20-21(28-23(29-22(20)31)30-11-8-17(12-24)14-30)25-13-18-6-3-4-7-19(18)32-10-5-9-27-32/h3-7,9-10,15-17H,8,11-14,24H2,1-2H3,(H,25,28,29). The predicted octanol–water partition coefficient (Wildman–Crippen LogP) is 2.99. The van der Waals surface area contributed by atoms with Gasteiger partial charge in [-0.25, -0.2) is 9.67 Å². The topological polar surface area (TPSA) is 103 Å². The van der Waals surface area contributed by atoms with Gasteiger partial charge in [0.2, 0.25) is 5.95 Å². The summed E-state index contributed by atoms with van der Waals surface area (Å²) < 4.78 is 3.97. The van der Waals surface area contributed by atoms with Crippen molar-refractivity contribution < 1.29 is 0 Å². The van der Waals surface area contributed by atoms with Crippen molar-refractivity contribution in [2.45, 2.75) is 32.9 Å². The first-order valence-corrected chi connectivity index (χ1v) is 11.2. The Balaban J connectivity index is 1.50. The summed E-state index contributed by atoms with van der Waals surface area (Å²) in [6.45, 7) is 7.37. The summed E-state index contributed by atoms with van der Waals surface area (Å²) in [7, 11) is 0. The first kappa shape index (κ1) is 20.4. The number of imidazole rings is 1. The van der Waals surface area contributed by atoms with Crippen molar-refractivity contribution >= 4 is 22.9 Å². The molecule has 9 nitrogen and oxygen atoms in total. The maximum atomic E-state index is 5.91. The molecule has 1 fully saturated rings. The highest BCUT2D eigenvalue weighted by Crippen LogP contribution is 2.28. The SMILES string of the molecule is CC(C)n1cnc2c(NCc3ccccc3-n3cccn3)nc(N3CCC(CN)C3)nc21. The first-order valence-electron chi connectivity index (χ1n) is 11.2. The molecular weight excluding hydrogens is 402 g/mol. The fraction of sp³-hybridized carbons (Fsp3) is 0.391. The Morgan fingerprint density at radius 1 is 1.19 bits per heavy atom. The lowest BCUT2D eigenvalue weighted by Gasteiger charge is -2.19.